The molecule has 1 spiro atoms. The average Bonchev–Trinajstić information content (AvgIpc) is 2.89. The lowest BCUT2D eigenvalue weighted by atomic mass is 9.79. The zero-order valence-electron chi connectivity index (χ0n) is 15.2. The Kier molecular flexibility index (Phi) is 5.39. The van der Waals surface area contributed by atoms with Crippen LogP contribution in [0.4, 0.5) is 11.4 Å². The summed E-state index contributed by atoms with van der Waals surface area (Å²) in [5.74, 6) is -0.0796. The van der Waals surface area contributed by atoms with Crippen LogP contribution in [-0.4, -0.2) is 61.4 Å². The summed E-state index contributed by atoms with van der Waals surface area (Å²) in [6.45, 7) is 6.26. The third-order valence-electron chi connectivity index (χ3n) is 5.23. The number of carbonyl (C=O) groups is 2. The van der Waals surface area contributed by atoms with Crippen molar-refractivity contribution in [3.8, 4) is 0 Å². The molecule has 136 valence electrons. The van der Waals surface area contributed by atoms with Gasteiger partial charge in [0.15, 0.2) is 0 Å². The minimum absolute atomic E-state index is 0.0238. The first-order chi connectivity index (χ1) is 11.9. The number of hydrogen-bond donors (Lipinski definition) is 2. The summed E-state index contributed by atoms with van der Waals surface area (Å²) in [5, 5.41) is 5.67. The van der Waals surface area contributed by atoms with Gasteiger partial charge in [-0.25, -0.2) is 0 Å². The van der Waals surface area contributed by atoms with Gasteiger partial charge in [0.2, 0.25) is 11.8 Å². The Morgan fingerprint density at radius 1 is 1.04 bits per heavy atom. The summed E-state index contributed by atoms with van der Waals surface area (Å²) in [7, 11) is 2.19. The van der Waals surface area contributed by atoms with Crippen molar-refractivity contribution < 1.29 is 9.59 Å². The van der Waals surface area contributed by atoms with Crippen LogP contribution in [0.5, 0.6) is 0 Å². The molecule has 3 rings (SSSR count). The highest BCUT2D eigenvalue weighted by Gasteiger charge is 2.40. The van der Waals surface area contributed by atoms with Gasteiger partial charge in [-0.05, 0) is 69.1 Å². The molecule has 6 heteroatoms. The predicted molar refractivity (Wildman–Crippen MR) is 99.6 cm³/mol. The van der Waals surface area contributed by atoms with Crippen molar-refractivity contribution in [3.63, 3.8) is 0 Å². The van der Waals surface area contributed by atoms with Crippen LogP contribution in [0.2, 0.25) is 0 Å². The van der Waals surface area contributed by atoms with E-state index in [0.29, 0.717) is 12.0 Å². The number of likely N-dealkylation sites (tertiary alicyclic amines) is 2. The van der Waals surface area contributed by atoms with Gasteiger partial charge in [-0.1, -0.05) is 0 Å². The second-order valence-corrected chi connectivity index (χ2v) is 7.61. The number of nitrogens with one attached hydrogen (secondary N) is 2. The van der Waals surface area contributed by atoms with Crippen molar-refractivity contribution in [1.29, 1.82) is 0 Å². The molecule has 25 heavy (non-hydrogen) atoms. The number of rotatable bonds is 4. The van der Waals surface area contributed by atoms with E-state index in [1.165, 1.54) is 32.7 Å². The maximum absolute atomic E-state index is 12.4. The van der Waals surface area contributed by atoms with Crippen molar-refractivity contribution in [2.45, 2.75) is 26.2 Å². The molecule has 0 aromatic heterocycles. The van der Waals surface area contributed by atoms with Gasteiger partial charge in [0.25, 0.3) is 0 Å². The molecule has 2 amide bonds. The number of hydrogen-bond acceptors (Lipinski definition) is 4. The normalized spacial score (nSPS) is 24.4. The first kappa shape index (κ1) is 17.9. The third kappa shape index (κ3) is 4.80. The Bertz CT molecular complexity index is 627. The predicted octanol–water partition coefficient (Wildman–Crippen LogP) is 2.00. The summed E-state index contributed by atoms with van der Waals surface area (Å²) < 4.78 is 0. The molecule has 0 unspecified atom stereocenters. The van der Waals surface area contributed by atoms with Crippen molar-refractivity contribution in [2.24, 2.45) is 5.41 Å². The van der Waals surface area contributed by atoms with Gasteiger partial charge in [0.1, 0.15) is 0 Å². The first-order valence-corrected chi connectivity index (χ1v) is 9.03. The highest BCUT2D eigenvalue weighted by atomic mass is 16.2. The molecule has 0 bridgehead atoms. The van der Waals surface area contributed by atoms with Crippen molar-refractivity contribution in [2.75, 3.05) is 50.4 Å². The molecule has 0 radical (unpaired) electrons. The van der Waals surface area contributed by atoms with Gasteiger partial charge in [-0.3, -0.25) is 14.5 Å². The molecular weight excluding hydrogens is 316 g/mol. The molecule has 2 heterocycles. The summed E-state index contributed by atoms with van der Waals surface area (Å²) in [5.41, 5.74) is 1.87. The molecule has 2 aliphatic rings. The molecule has 0 saturated carbocycles. The monoisotopic (exact) mass is 344 g/mol. The Labute approximate surface area is 149 Å². The van der Waals surface area contributed by atoms with Crippen LogP contribution in [0.25, 0.3) is 0 Å². The van der Waals surface area contributed by atoms with Crippen molar-refractivity contribution >= 4 is 23.2 Å². The van der Waals surface area contributed by atoms with Gasteiger partial charge < -0.3 is 15.5 Å². The van der Waals surface area contributed by atoms with E-state index in [1.807, 2.05) is 12.1 Å². The zero-order chi connectivity index (χ0) is 17.9. The molecule has 2 N–H and O–H groups in total. The van der Waals surface area contributed by atoms with E-state index in [-0.39, 0.29) is 11.8 Å². The Morgan fingerprint density at radius 2 is 1.72 bits per heavy atom. The lowest BCUT2D eigenvalue weighted by Crippen LogP contribution is -2.47. The number of carbonyl (C=O) groups excluding carboxylic acids is 2. The fourth-order valence-electron chi connectivity index (χ4n) is 4.18. The first-order valence-electron chi connectivity index (χ1n) is 9.03. The fraction of sp³-hybridized carbons (Fsp3) is 0.579. The van der Waals surface area contributed by atoms with Gasteiger partial charge in [-0.2, -0.15) is 0 Å². The zero-order valence-corrected chi connectivity index (χ0v) is 15.2. The summed E-state index contributed by atoms with van der Waals surface area (Å²) in [6, 6.07) is 7.21. The molecule has 0 aliphatic carbocycles. The second kappa shape index (κ2) is 7.54. The van der Waals surface area contributed by atoms with Gasteiger partial charge in [0.05, 0.1) is 6.54 Å². The van der Waals surface area contributed by atoms with Crippen LogP contribution in [-0.2, 0) is 9.59 Å². The van der Waals surface area contributed by atoms with E-state index in [4.69, 9.17) is 0 Å². The smallest absolute Gasteiger partial charge is 0.238 e. The van der Waals surface area contributed by atoms with Crippen LogP contribution in [0.3, 0.4) is 0 Å². The molecule has 1 atom stereocenters. The van der Waals surface area contributed by atoms with Crippen LogP contribution in [0, 0.1) is 5.41 Å². The van der Waals surface area contributed by atoms with Crippen molar-refractivity contribution in [3.05, 3.63) is 24.3 Å². The molecule has 2 saturated heterocycles. The topological polar surface area (TPSA) is 64.7 Å². The molecule has 1 aromatic rings. The lowest BCUT2D eigenvalue weighted by Gasteiger charge is -2.40. The number of nitrogens with zero attached hydrogens (tertiary/aromatic N) is 2. The number of piperidine rings is 1. The summed E-state index contributed by atoms with van der Waals surface area (Å²) >= 11 is 0. The van der Waals surface area contributed by atoms with Crippen LogP contribution in [0.15, 0.2) is 24.3 Å². The molecule has 2 aliphatic heterocycles. The fourth-order valence-corrected chi connectivity index (χ4v) is 4.18. The van der Waals surface area contributed by atoms with Gasteiger partial charge in [-0.15, -0.1) is 0 Å². The van der Waals surface area contributed by atoms with Gasteiger partial charge in [0, 0.05) is 31.4 Å². The largest absolute Gasteiger partial charge is 0.326 e. The Morgan fingerprint density at radius 3 is 2.32 bits per heavy atom. The average molecular weight is 344 g/mol. The highest BCUT2D eigenvalue weighted by Crippen LogP contribution is 2.38. The maximum atomic E-state index is 12.4. The second-order valence-electron chi connectivity index (χ2n) is 7.61. The van der Waals surface area contributed by atoms with Gasteiger partial charge >= 0.3 is 0 Å². The minimum atomic E-state index is -0.103. The van der Waals surface area contributed by atoms with Crippen LogP contribution < -0.4 is 10.6 Å². The van der Waals surface area contributed by atoms with E-state index in [1.54, 1.807) is 12.1 Å². The van der Waals surface area contributed by atoms with E-state index in [9.17, 15) is 9.59 Å². The summed E-state index contributed by atoms with van der Waals surface area (Å²) in [6.07, 6.45) is 3.69. The van der Waals surface area contributed by atoms with Crippen LogP contribution >= 0.6 is 0 Å². The molecular formula is C19H28N4O2. The SMILES string of the molecule is CC(=O)Nc1ccc(NC(=O)CN2CCC[C@]3(CCN(C)C3)C2)cc1. The van der Waals surface area contributed by atoms with Crippen LogP contribution in [0.1, 0.15) is 26.2 Å². The molecule has 6 nitrogen and oxygen atoms in total. The summed E-state index contributed by atoms with van der Waals surface area (Å²) in [4.78, 5) is 28.1. The molecule has 1 aromatic carbocycles. The van der Waals surface area contributed by atoms with E-state index >= 15 is 0 Å². The van der Waals surface area contributed by atoms with E-state index in [0.717, 1.165) is 31.0 Å². The standard InChI is InChI=1S/C19H28N4O2/c1-15(24)20-16-4-6-17(7-5-16)21-18(25)12-23-10-3-8-19(14-23)9-11-22(2)13-19/h4-7H,3,8-14H2,1-2H3,(H,20,24)(H,21,25)/t19-/m1/s1. The van der Waals surface area contributed by atoms with E-state index in [2.05, 4.69) is 27.5 Å². The highest BCUT2D eigenvalue weighted by molar-refractivity contribution is 5.93. The molecule has 2 fully saturated rings. The number of anilines is 2. The van der Waals surface area contributed by atoms with Crippen molar-refractivity contribution in [1.82, 2.24) is 9.80 Å². The maximum Gasteiger partial charge on any atom is 0.238 e. The number of benzene rings is 1. The van der Waals surface area contributed by atoms with E-state index < -0.39 is 0 Å². The Balaban J connectivity index is 1.51. The number of amides is 2. The lowest BCUT2D eigenvalue weighted by molar-refractivity contribution is -0.118. The Hall–Kier alpha value is -1.92. The minimum Gasteiger partial charge on any atom is -0.326 e. The third-order valence-corrected chi connectivity index (χ3v) is 5.23. The quantitative estimate of drug-likeness (QED) is 0.877.